The summed E-state index contributed by atoms with van der Waals surface area (Å²) in [5.41, 5.74) is 1.01. The molecule has 4 N–H and O–H groups in total. The molecule has 10 heteroatoms. The van der Waals surface area contributed by atoms with Crippen molar-refractivity contribution in [1.29, 1.82) is 0 Å². The van der Waals surface area contributed by atoms with Gasteiger partial charge in [-0.1, -0.05) is 50.6 Å². The van der Waals surface area contributed by atoms with Gasteiger partial charge in [-0.25, -0.2) is 4.79 Å². The van der Waals surface area contributed by atoms with Crippen LogP contribution in [0.5, 0.6) is 0 Å². The third-order valence-electron chi connectivity index (χ3n) is 6.29. The fourth-order valence-corrected chi connectivity index (χ4v) is 4.46. The minimum atomic E-state index is -1.05. The third kappa shape index (κ3) is 9.89. The standard InChI is InChI=1S/C25H38N4O5S/c1-4-17(2)21(28-24(32)19-10-11-22(30)26-19)15-29(14-18-8-6-5-7-9-18)16-23(31)27-20(25(33)34)12-13-35-3/h5-9,17,19-21H,4,10-16H2,1-3H3,(H,26,30)(H,27,31)(H,28,32)(H,33,34)/t17-,19-,20-,21+/m0/s1. The zero-order valence-corrected chi connectivity index (χ0v) is 21.6. The number of nitrogens with zero attached hydrogens (tertiary/aromatic N) is 1. The molecule has 2 rings (SSSR count). The Bertz CT molecular complexity index is 854. The summed E-state index contributed by atoms with van der Waals surface area (Å²) in [6, 6.07) is 7.98. The van der Waals surface area contributed by atoms with Gasteiger partial charge in [-0.3, -0.25) is 19.3 Å². The van der Waals surface area contributed by atoms with Gasteiger partial charge in [-0.2, -0.15) is 11.8 Å². The van der Waals surface area contributed by atoms with Gasteiger partial charge in [0.05, 0.1) is 6.54 Å². The van der Waals surface area contributed by atoms with Crippen LogP contribution >= 0.6 is 11.8 Å². The summed E-state index contributed by atoms with van der Waals surface area (Å²) in [5, 5.41) is 17.9. The predicted octanol–water partition coefficient (Wildman–Crippen LogP) is 1.62. The van der Waals surface area contributed by atoms with Crippen molar-refractivity contribution in [2.24, 2.45) is 5.92 Å². The van der Waals surface area contributed by atoms with Crippen LogP contribution < -0.4 is 16.0 Å². The number of hydrogen-bond acceptors (Lipinski definition) is 6. The Kier molecular flexibility index (Phi) is 12.1. The number of carbonyl (C=O) groups excluding carboxylic acids is 3. The summed E-state index contributed by atoms with van der Waals surface area (Å²) in [5.74, 6) is -0.997. The maximum Gasteiger partial charge on any atom is 0.326 e. The van der Waals surface area contributed by atoms with Gasteiger partial charge >= 0.3 is 5.97 Å². The molecular weight excluding hydrogens is 468 g/mol. The van der Waals surface area contributed by atoms with E-state index in [4.69, 9.17) is 0 Å². The maximum absolute atomic E-state index is 12.9. The predicted molar refractivity (Wildman–Crippen MR) is 137 cm³/mol. The number of rotatable bonds is 15. The highest BCUT2D eigenvalue weighted by molar-refractivity contribution is 7.98. The fraction of sp³-hybridized carbons (Fsp3) is 0.600. The SMILES string of the molecule is CC[C@H](C)[C@@H](CN(CC(=O)N[C@@H](CCSC)C(=O)O)Cc1ccccc1)NC(=O)[C@@H]1CCC(=O)N1. The quantitative estimate of drug-likeness (QED) is 0.285. The van der Waals surface area contributed by atoms with Gasteiger partial charge in [-0.15, -0.1) is 0 Å². The van der Waals surface area contributed by atoms with E-state index in [2.05, 4.69) is 16.0 Å². The number of carboxylic acids is 1. The number of carbonyl (C=O) groups is 4. The lowest BCUT2D eigenvalue weighted by molar-refractivity contribution is -0.142. The molecule has 1 aromatic rings. The Morgan fingerprint density at radius 1 is 1.23 bits per heavy atom. The monoisotopic (exact) mass is 506 g/mol. The van der Waals surface area contributed by atoms with Crippen LogP contribution in [0.4, 0.5) is 0 Å². The van der Waals surface area contributed by atoms with E-state index in [-0.39, 0.29) is 36.2 Å². The van der Waals surface area contributed by atoms with E-state index in [0.29, 0.717) is 38.1 Å². The van der Waals surface area contributed by atoms with Crippen molar-refractivity contribution >= 4 is 35.5 Å². The van der Waals surface area contributed by atoms with Crippen LogP contribution in [0.1, 0.15) is 45.1 Å². The number of nitrogens with one attached hydrogen (secondary N) is 3. The Morgan fingerprint density at radius 3 is 2.51 bits per heavy atom. The lowest BCUT2D eigenvalue weighted by Crippen LogP contribution is -2.53. The average molecular weight is 507 g/mol. The number of hydrogen-bond donors (Lipinski definition) is 4. The maximum atomic E-state index is 12.9. The van der Waals surface area contributed by atoms with E-state index < -0.39 is 18.1 Å². The van der Waals surface area contributed by atoms with Crippen LogP contribution in [-0.4, -0.2) is 76.9 Å². The molecule has 0 aromatic heterocycles. The first-order chi connectivity index (χ1) is 16.7. The van der Waals surface area contributed by atoms with Crippen molar-refractivity contribution < 1.29 is 24.3 Å². The van der Waals surface area contributed by atoms with E-state index in [0.717, 1.165) is 12.0 Å². The molecule has 0 bridgehead atoms. The topological polar surface area (TPSA) is 128 Å². The van der Waals surface area contributed by atoms with Gasteiger partial charge in [-0.05, 0) is 36.3 Å². The molecule has 0 saturated carbocycles. The zero-order valence-electron chi connectivity index (χ0n) is 20.8. The van der Waals surface area contributed by atoms with Crippen molar-refractivity contribution in [2.75, 3.05) is 25.1 Å². The van der Waals surface area contributed by atoms with Crippen LogP contribution in [0.3, 0.4) is 0 Å². The molecule has 35 heavy (non-hydrogen) atoms. The molecule has 1 heterocycles. The van der Waals surface area contributed by atoms with Gasteiger partial charge in [0.2, 0.25) is 17.7 Å². The lowest BCUT2D eigenvalue weighted by Gasteiger charge is -2.32. The molecule has 0 radical (unpaired) electrons. The highest BCUT2D eigenvalue weighted by Crippen LogP contribution is 2.14. The van der Waals surface area contributed by atoms with Gasteiger partial charge in [0.15, 0.2) is 0 Å². The molecule has 9 nitrogen and oxygen atoms in total. The van der Waals surface area contributed by atoms with E-state index in [1.807, 2.05) is 55.3 Å². The minimum absolute atomic E-state index is 0.000904. The summed E-state index contributed by atoms with van der Waals surface area (Å²) < 4.78 is 0. The van der Waals surface area contributed by atoms with Crippen LogP contribution in [0.25, 0.3) is 0 Å². The first kappa shape index (κ1) is 28.6. The summed E-state index contributed by atoms with van der Waals surface area (Å²) in [7, 11) is 0. The summed E-state index contributed by atoms with van der Waals surface area (Å²) >= 11 is 1.53. The molecular formula is C25H38N4O5S. The first-order valence-electron chi connectivity index (χ1n) is 12.1. The van der Waals surface area contributed by atoms with Crippen molar-refractivity contribution in [1.82, 2.24) is 20.9 Å². The third-order valence-corrected chi connectivity index (χ3v) is 6.93. The molecule has 1 aromatic carbocycles. The van der Waals surface area contributed by atoms with Crippen LogP contribution in [0.15, 0.2) is 30.3 Å². The molecule has 4 atom stereocenters. The smallest absolute Gasteiger partial charge is 0.326 e. The van der Waals surface area contributed by atoms with E-state index >= 15 is 0 Å². The van der Waals surface area contributed by atoms with E-state index in [1.54, 1.807) is 0 Å². The number of carboxylic acid groups (broad SMARTS) is 1. The van der Waals surface area contributed by atoms with Crippen molar-refractivity contribution in [2.45, 2.75) is 64.2 Å². The average Bonchev–Trinajstić information content (AvgIpc) is 3.27. The fourth-order valence-electron chi connectivity index (χ4n) is 3.99. The second kappa shape index (κ2) is 14.7. The summed E-state index contributed by atoms with van der Waals surface area (Å²) in [6.07, 6.45) is 3.87. The highest BCUT2D eigenvalue weighted by Gasteiger charge is 2.31. The molecule has 1 aliphatic heterocycles. The summed E-state index contributed by atoms with van der Waals surface area (Å²) in [4.78, 5) is 50.7. The van der Waals surface area contributed by atoms with E-state index in [9.17, 15) is 24.3 Å². The van der Waals surface area contributed by atoms with Crippen molar-refractivity contribution in [3.8, 4) is 0 Å². The Morgan fingerprint density at radius 2 is 1.94 bits per heavy atom. The lowest BCUT2D eigenvalue weighted by atomic mass is 9.97. The second-order valence-electron chi connectivity index (χ2n) is 9.05. The normalized spacial score (nSPS) is 17.9. The molecule has 0 aliphatic carbocycles. The molecule has 194 valence electrons. The Balaban J connectivity index is 2.13. The van der Waals surface area contributed by atoms with Gasteiger partial charge in [0.25, 0.3) is 0 Å². The number of aliphatic carboxylic acids is 1. The largest absolute Gasteiger partial charge is 0.480 e. The minimum Gasteiger partial charge on any atom is -0.480 e. The molecule has 0 unspecified atom stereocenters. The first-order valence-corrected chi connectivity index (χ1v) is 13.5. The number of thioether (sulfide) groups is 1. The molecule has 1 aliphatic rings. The summed E-state index contributed by atoms with van der Waals surface area (Å²) in [6.45, 7) is 4.97. The molecule has 1 fully saturated rings. The van der Waals surface area contributed by atoms with Crippen molar-refractivity contribution in [3.05, 3.63) is 35.9 Å². The van der Waals surface area contributed by atoms with E-state index in [1.165, 1.54) is 11.8 Å². The number of benzene rings is 1. The van der Waals surface area contributed by atoms with Gasteiger partial charge in [0, 0.05) is 25.6 Å². The number of amides is 3. The van der Waals surface area contributed by atoms with Gasteiger partial charge < -0.3 is 21.1 Å². The molecule has 1 saturated heterocycles. The van der Waals surface area contributed by atoms with Crippen LogP contribution in [0, 0.1) is 5.92 Å². The molecule has 3 amide bonds. The molecule has 0 spiro atoms. The van der Waals surface area contributed by atoms with Crippen LogP contribution in [-0.2, 0) is 25.7 Å². The van der Waals surface area contributed by atoms with Gasteiger partial charge in [0.1, 0.15) is 12.1 Å². The van der Waals surface area contributed by atoms with Crippen LogP contribution in [0.2, 0.25) is 0 Å². The Hall–Kier alpha value is -2.59. The van der Waals surface area contributed by atoms with Crippen molar-refractivity contribution in [3.63, 3.8) is 0 Å². The second-order valence-corrected chi connectivity index (χ2v) is 10.0. The zero-order chi connectivity index (χ0) is 25.8. The Labute approximate surface area is 211 Å². The highest BCUT2D eigenvalue weighted by atomic mass is 32.2.